The van der Waals surface area contributed by atoms with Gasteiger partial charge in [0.2, 0.25) is 0 Å². The maximum atomic E-state index is 11.4. The van der Waals surface area contributed by atoms with Gasteiger partial charge in [0.1, 0.15) is 17.2 Å². The first kappa shape index (κ1) is 28.8. The Bertz CT molecular complexity index is 1150. The third kappa shape index (κ3) is 7.92. The lowest BCUT2D eigenvalue weighted by Gasteiger charge is -2.43. The molecule has 5 atom stereocenters. The average molecular weight is 553 g/mol. The second-order valence-corrected chi connectivity index (χ2v) is 9.97. The van der Waals surface area contributed by atoms with Crippen LogP contribution in [-0.2, 0) is 15.9 Å². The fourth-order valence-corrected chi connectivity index (χ4v) is 5.18. The normalized spacial score (nSPS) is 21.5. The lowest BCUT2D eigenvalue weighted by molar-refractivity contribution is -0.164. The second kappa shape index (κ2) is 14.3. The number of thiocarbonyl (C=S) groups is 1. The highest BCUT2D eigenvalue weighted by Crippen LogP contribution is 2.42. The van der Waals surface area contributed by atoms with Gasteiger partial charge in [-0.15, -0.1) is 0 Å². The molecule has 2 N–H and O–H groups in total. The van der Waals surface area contributed by atoms with E-state index in [2.05, 4.69) is 0 Å². The highest BCUT2D eigenvalue weighted by molar-refractivity contribution is 7.79. The molecule has 1 saturated heterocycles. The van der Waals surface area contributed by atoms with Gasteiger partial charge in [0.25, 0.3) is 0 Å². The molecule has 3 aromatic rings. The molecule has 7 nitrogen and oxygen atoms in total. The summed E-state index contributed by atoms with van der Waals surface area (Å²) in [7, 11) is 3.27. The van der Waals surface area contributed by atoms with Crippen LogP contribution in [0.5, 0.6) is 17.2 Å². The Balaban J connectivity index is 1.46. The molecule has 0 bridgehead atoms. The van der Waals surface area contributed by atoms with Crippen LogP contribution in [0.2, 0.25) is 0 Å². The minimum Gasteiger partial charge on any atom is -0.497 e. The van der Waals surface area contributed by atoms with Crippen molar-refractivity contribution < 1.29 is 33.9 Å². The summed E-state index contributed by atoms with van der Waals surface area (Å²) in [6.07, 6.45) is 0.681. The van der Waals surface area contributed by atoms with E-state index in [1.165, 1.54) is 5.56 Å². The van der Waals surface area contributed by atoms with Crippen molar-refractivity contribution in [2.45, 2.75) is 37.6 Å². The molecule has 3 aromatic carbocycles. The molecule has 0 aromatic heterocycles. The monoisotopic (exact) mass is 552 g/mol. The number of aryl methyl sites for hydroxylation is 1. The SMILES string of the molecule is COc1ccc(CC[C@H]2C[C@@H](O)[C@H](C(CO)COC(=S)Oc3ccccc3)[C@@H](c3ccc(OC)cc3)O2)cc1. The molecule has 0 radical (unpaired) electrons. The lowest BCUT2D eigenvalue weighted by Crippen LogP contribution is -2.45. The number of ether oxygens (including phenoxy) is 5. The summed E-state index contributed by atoms with van der Waals surface area (Å²) in [5.74, 6) is 1.26. The van der Waals surface area contributed by atoms with Crippen molar-refractivity contribution in [1.82, 2.24) is 0 Å². The largest absolute Gasteiger partial charge is 0.497 e. The summed E-state index contributed by atoms with van der Waals surface area (Å²) < 4.78 is 28.5. The Morgan fingerprint density at radius 2 is 1.56 bits per heavy atom. The van der Waals surface area contributed by atoms with Crippen LogP contribution in [0.15, 0.2) is 78.9 Å². The van der Waals surface area contributed by atoms with E-state index in [-0.39, 0.29) is 24.6 Å². The minimum absolute atomic E-state index is 0.0377. The van der Waals surface area contributed by atoms with Gasteiger partial charge in [0.05, 0.1) is 39.1 Å². The van der Waals surface area contributed by atoms with Gasteiger partial charge < -0.3 is 33.9 Å². The second-order valence-electron chi connectivity index (χ2n) is 9.64. The molecule has 1 aliphatic heterocycles. The summed E-state index contributed by atoms with van der Waals surface area (Å²) in [4.78, 5) is 0. The molecular formula is C31H36O7S. The van der Waals surface area contributed by atoms with Crippen molar-refractivity contribution >= 4 is 17.5 Å². The van der Waals surface area contributed by atoms with Gasteiger partial charge in [0, 0.05) is 30.7 Å². The zero-order chi connectivity index (χ0) is 27.6. The Kier molecular flexibility index (Phi) is 10.6. The third-order valence-corrected chi connectivity index (χ3v) is 7.34. The quantitative estimate of drug-likeness (QED) is 0.317. The molecule has 4 rings (SSSR count). The predicted octanol–water partition coefficient (Wildman–Crippen LogP) is 5.13. The Labute approximate surface area is 235 Å². The van der Waals surface area contributed by atoms with E-state index in [9.17, 15) is 10.2 Å². The van der Waals surface area contributed by atoms with Gasteiger partial charge in [-0.2, -0.15) is 0 Å². The van der Waals surface area contributed by atoms with Crippen molar-refractivity contribution in [1.29, 1.82) is 0 Å². The molecule has 0 amide bonds. The summed E-state index contributed by atoms with van der Waals surface area (Å²) >= 11 is 5.26. The summed E-state index contributed by atoms with van der Waals surface area (Å²) in [6, 6.07) is 24.7. The van der Waals surface area contributed by atoms with Crippen molar-refractivity contribution in [3.8, 4) is 17.2 Å². The van der Waals surface area contributed by atoms with E-state index >= 15 is 0 Å². The first-order chi connectivity index (χ1) is 19.0. The van der Waals surface area contributed by atoms with Crippen LogP contribution in [0.4, 0.5) is 0 Å². The first-order valence-electron chi connectivity index (χ1n) is 13.1. The molecule has 1 fully saturated rings. The molecule has 0 saturated carbocycles. The van der Waals surface area contributed by atoms with Crippen molar-refractivity contribution in [3.63, 3.8) is 0 Å². The number of rotatable bonds is 11. The molecule has 1 heterocycles. The molecular weight excluding hydrogens is 516 g/mol. The van der Waals surface area contributed by atoms with Gasteiger partial charge >= 0.3 is 5.24 Å². The van der Waals surface area contributed by atoms with Crippen LogP contribution < -0.4 is 14.2 Å². The van der Waals surface area contributed by atoms with Crippen LogP contribution in [0.3, 0.4) is 0 Å². The highest BCUT2D eigenvalue weighted by Gasteiger charge is 2.43. The van der Waals surface area contributed by atoms with Gasteiger partial charge in [-0.05, 0) is 66.8 Å². The standard InChI is InChI=1S/C31H36O7S/c1-34-24-13-8-21(9-14-24)10-15-27-18-28(33)29(30(37-27)22-11-16-25(35-2)17-12-22)23(19-32)20-36-31(39)38-26-6-4-3-5-7-26/h3-9,11-14,16-17,23,27-30,32-33H,10,15,18-20H2,1-2H3/t23?,27-,28+,29-,30+/m0/s1. The Morgan fingerprint density at radius 3 is 2.18 bits per heavy atom. The Morgan fingerprint density at radius 1 is 0.923 bits per heavy atom. The fraction of sp³-hybridized carbons (Fsp3) is 0.387. The number of para-hydroxylation sites is 1. The van der Waals surface area contributed by atoms with Crippen LogP contribution in [0.25, 0.3) is 0 Å². The molecule has 0 aliphatic carbocycles. The van der Waals surface area contributed by atoms with Gasteiger partial charge in [-0.1, -0.05) is 42.5 Å². The third-order valence-electron chi connectivity index (χ3n) is 7.13. The summed E-state index contributed by atoms with van der Waals surface area (Å²) in [5, 5.41) is 21.7. The summed E-state index contributed by atoms with van der Waals surface area (Å²) in [5.41, 5.74) is 2.07. The van der Waals surface area contributed by atoms with Crippen LogP contribution in [0.1, 0.15) is 30.1 Å². The average Bonchev–Trinajstić information content (AvgIpc) is 2.97. The fourth-order valence-electron chi connectivity index (χ4n) is 5.02. The zero-order valence-electron chi connectivity index (χ0n) is 22.3. The maximum Gasteiger partial charge on any atom is 0.357 e. The Hall–Kier alpha value is -3.17. The lowest BCUT2D eigenvalue weighted by atomic mass is 9.76. The molecule has 39 heavy (non-hydrogen) atoms. The topological polar surface area (TPSA) is 86.6 Å². The number of methoxy groups -OCH3 is 2. The molecule has 1 unspecified atom stereocenters. The van der Waals surface area contributed by atoms with Crippen LogP contribution in [0, 0.1) is 11.8 Å². The summed E-state index contributed by atoms with van der Waals surface area (Å²) in [6.45, 7) is -0.126. The number of hydrogen-bond donors (Lipinski definition) is 2. The number of aliphatic hydroxyl groups is 2. The number of aliphatic hydroxyl groups excluding tert-OH is 2. The van der Waals surface area contributed by atoms with Gasteiger partial charge in [-0.3, -0.25) is 0 Å². The molecule has 0 spiro atoms. The van der Waals surface area contributed by atoms with Crippen molar-refractivity contribution in [2.75, 3.05) is 27.4 Å². The maximum absolute atomic E-state index is 11.4. The van der Waals surface area contributed by atoms with E-state index in [4.69, 9.17) is 35.9 Å². The zero-order valence-corrected chi connectivity index (χ0v) is 23.1. The van der Waals surface area contributed by atoms with Crippen molar-refractivity contribution in [3.05, 3.63) is 90.0 Å². The predicted molar refractivity (Wildman–Crippen MR) is 152 cm³/mol. The highest BCUT2D eigenvalue weighted by atomic mass is 32.1. The van der Waals surface area contributed by atoms with E-state index in [1.807, 2.05) is 66.7 Å². The molecule has 1 aliphatic rings. The van der Waals surface area contributed by atoms with E-state index < -0.39 is 24.0 Å². The molecule has 8 heteroatoms. The molecule has 208 valence electrons. The van der Waals surface area contributed by atoms with Crippen molar-refractivity contribution in [2.24, 2.45) is 11.8 Å². The number of benzene rings is 3. The van der Waals surface area contributed by atoms with Gasteiger partial charge in [0.15, 0.2) is 0 Å². The van der Waals surface area contributed by atoms with E-state index in [0.29, 0.717) is 12.2 Å². The smallest absolute Gasteiger partial charge is 0.357 e. The number of hydrogen-bond acceptors (Lipinski definition) is 8. The van der Waals surface area contributed by atoms with E-state index in [1.54, 1.807) is 26.4 Å². The van der Waals surface area contributed by atoms with Crippen LogP contribution in [-0.4, -0.2) is 55.1 Å². The minimum atomic E-state index is -0.712. The van der Waals surface area contributed by atoms with E-state index in [0.717, 1.165) is 29.9 Å². The van der Waals surface area contributed by atoms with Gasteiger partial charge in [-0.25, -0.2) is 0 Å². The van der Waals surface area contributed by atoms with Crippen LogP contribution >= 0.6 is 12.2 Å². The first-order valence-corrected chi connectivity index (χ1v) is 13.5.